The maximum atomic E-state index is 11.4. The average molecular weight is 297 g/mol. The molecule has 0 atom stereocenters. The zero-order valence-corrected chi connectivity index (χ0v) is 10.7. The lowest BCUT2D eigenvalue weighted by molar-refractivity contribution is 0.610. The van der Waals surface area contributed by atoms with Crippen LogP contribution in [0.3, 0.4) is 0 Å². The topological polar surface area (TPSA) is 47.0 Å². The van der Waals surface area contributed by atoms with Crippen LogP contribution in [0, 0.1) is 0 Å². The highest BCUT2D eigenvalue weighted by atomic mass is 35.7. The standard InChI is InChI=1S/C9H4Cl3NO2S/c10-6-4-13-9(11)5-2-1-3-7(8(5)6)16(12,14)15/h1-4H. The normalized spacial score (nSPS) is 11.9. The van der Waals surface area contributed by atoms with Gasteiger partial charge < -0.3 is 0 Å². The van der Waals surface area contributed by atoms with E-state index in [0.717, 1.165) is 0 Å². The van der Waals surface area contributed by atoms with Gasteiger partial charge in [-0.25, -0.2) is 13.4 Å². The predicted octanol–water partition coefficient (Wildman–Crippen LogP) is 3.47. The van der Waals surface area contributed by atoms with E-state index in [1.54, 1.807) is 6.07 Å². The molecule has 0 fully saturated rings. The Kier molecular flexibility index (Phi) is 3.01. The van der Waals surface area contributed by atoms with Gasteiger partial charge in [-0.15, -0.1) is 0 Å². The van der Waals surface area contributed by atoms with Gasteiger partial charge in [0.2, 0.25) is 0 Å². The first-order valence-electron chi connectivity index (χ1n) is 4.08. The first kappa shape index (κ1) is 11.9. The summed E-state index contributed by atoms with van der Waals surface area (Å²) in [5.41, 5.74) is 0. The molecule has 7 heteroatoms. The Labute approximate surface area is 106 Å². The largest absolute Gasteiger partial charge is 0.261 e. The first-order valence-corrected chi connectivity index (χ1v) is 7.15. The van der Waals surface area contributed by atoms with Crippen molar-refractivity contribution in [3.8, 4) is 0 Å². The second kappa shape index (κ2) is 4.04. The van der Waals surface area contributed by atoms with Crippen LogP contribution in [0.5, 0.6) is 0 Å². The molecule has 0 saturated carbocycles. The molecule has 0 aliphatic heterocycles. The van der Waals surface area contributed by atoms with Crippen LogP contribution >= 0.6 is 33.9 Å². The monoisotopic (exact) mass is 295 g/mol. The van der Waals surface area contributed by atoms with Crippen molar-refractivity contribution < 1.29 is 8.42 Å². The fourth-order valence-corrected chi connectivity index (χ4v) is 3.01. The molecule has 16 heavy (non-hydrogen) atoms. The summed E-state index contributed by atoms with van der Waals surface area (Å²) in [5.74, 6) is 0. The van der Waals surface area contributed by atoms with E-state index in [-0.39, 0.29) is 15.1 Å². The zero-order chi connectivity index (χ0) is 11.9. The first-order chi connectivity index (χ1) is 7.41. The van der Waals surface area contributed by atoms with Crippen LogP contribution in [0.4, 0.5) is 0 Å². The van der Waals surface area contributed by atoms with Gasteiger partial charge in [-0.05, 0) is 6.07 Å². The third-order valence-corrected chi connectivity index (χ3v) is 3.99. The fourth-order valence-electron chi connectivity index (χ4n) is 1.40. The maximum absolute atomic E-state index is 11.4. The van der Waals surface area contributed by atoms with Crippen molar-refractivity contribution in [3.63, 3.8) is 0 Å². The van der Waals surface area contributed by atoms with E-state index < -0.39 is 9.05 Å². The summed E-state index contributed by atoms with van der Waals surface area (Å²) >= 11 is 11.7. The Hall–Kier alpha value is -0.550. The van der Waals surface area contributed by atoms with Crippen molar-refractivity contribution in [2.75, 3.05) is 0 Å². The van der Waals surface area contributed by atoms with Crippen LogP contribution in [0.1, 0.15) is 0 Å². The lowest BCUT2D eigenvalue weighted by Gasteiger charge is -2.05. The second-order valence-electron chi connectivity index (χ2n) is 3.01. The molecule has 0 unspecified atom stereocenters. The number of hydrogen-bond donors (Lipinski definition) is 0. The van der Waals surface area contributed by atoms with Crippen molar-refractivity contribution in [2.45, 2.75) is 4.90 Å². The van der Waals surface area contributed by atoms with Crippen LogP contribution in [-0.2, 0) is 9.05 Å². The van der Waals surface area contributed by atoms with Gasteiger partial charge in [0.15, 0.2) is 0 Å². The molecule has 0 aliphatic rings. The summed E-state index contributed by atoms with van der Waals surface area (Å²) in [4.78, 5) is 3.76. The molecule has 0 spiro atoms. The molecule has 0 radical (unpaired) electrons. The molecule has 0 saturated heterocycles. The molecule has 3 nitrogen and oxygen atoms in total. The summed E-state index contributed by atoms with van der Waals surface area (Å²) in [6.45, 7) is 0. The van der Waals surface area contributed by atoms with Gasteiger partial charge in [0.05, 0.1) is 9.92 Å². The third kappa shape index (κ3) is 1.98. The highest BCUT2D eigenvalue weighted by molar-refractivity contribution is 8.14. The maximum Gasteiger partial charge on any atom is 0.261 e. The molecular weight excluding hydrogens is 293 g/mol. The molecule has 0 bridgehead atoms. The summed E-state index contributed by atoms with van der Waals surface area (Å²) in [6.07, 6.45) is 1.29. The number of benzene rings is 1. The number of pyridine rings is 1. The van der Waals surface area contributed by atoms with Gasteiger partial charge in [0.25, 0.3) is 9.05 Å². The van der Waals surface area contributed by atoms with E-state index >= 15 is 0 Å². The summed E-state index contributed by atoms with van der Waals surface area (Å²) in [6, 6.07) is 4.52. The minimum absolute atomic E-state index is 0.0685. The SMILES string of the molecule is O=S(=O)(Cl)c1cccc2c(Cl)ncc(Cl)c12. The summed E-state index contributed by atoms with van der Waals surface area (Å²) < 4.78 is 22.7. The van der Waals surface area contributed by atoms with Crippen molar-refractivity contribution in [1.29, 1.82) is 0 Å². The smallest absolute Gasteiger partial charge is 0.242 e. The lowest BCUT2D eigenvalue weighted by atomic mass is 10.2. The van der Waals surface area contributed by atoms with Crippen LogP contribution in [0.2, 0.25) is 10.2 Å². The van der Waals surface area contributed by atoms with Gasteiger partial charge in [0.1, 0.15) is 5.15 Å². The minimum atomic E-state index is -3.87. The van der Waals surface area contributed by atoms with Gasteiger partial charge in [0, 0.05) is 27.7 Å². The summed E-state index contributed by atoms with van der Waals surface area (Å²) in [7, 11) is 1.44. The molecule has 1 heterocycles. The highest BCUT2D eigenvalue weighted by Crippen LogP contribution is 2.33. The Balaban J connectivity index is 3.04. The van der Waals surface area contributed by atoms with Crippen molar-refractivity contribution >= 4 is 53.7 Å². The van der Waals surface area contributed by atoms with Crippen LogP contribution in [-0.4, -0.2) is 13.4 Å². The molecule has 84 valence electrons. The molecule has 0 N–H and O–H groups in total. The lowest BCUT2D eigenvalue weighted by Crippen LogP contribution is -1.93. The number of rotatable bonds is 1. The van der Waals surface area contributed by atoms with Gasteiger partial charge in [-0.1, -0.05) is 35.3 Å². The average Bonchev–Trinajstić information content (AvgIpc) is 2.22. The van der Waals surface area contributed by atoms with Crippen molar-refractivity contribution in [1.82, 2.24) is 4.98 Å². The van der Waals surface area contributed by atoms with E-state index in [2.05, 4.69) is 4.98 Å². The Morgan fingerprint density at radius 2 is 1.88 bits per heavy atom. The quantitative estimate of drug-likeness (QED) is 0.598. The Morgan fingerprint density at radius 3 is 2.50 bits per heavy atom. The number of nitrogens with zero attached hydrogens (tertiary/aromatic N) is 1. The van der Waals surface area contributed by atoms with Gasteiger partial charge >= 0.3 is 0 Å². The van der Waals surface area contributed by atoms with E-state index in [1.807, 2.05) is 0 Å². The minimum Gasteiger partial charge on any atom is -0.242 e. The molecule has 1 aromatic carbocycles. The number of hydrogen-bond acceptors (Lipinski definition) is 3. The molecule has 2 aromatic rings. The zero-order valence-electron chi connectivity index (χ0n) is 7.62. The van der Waals surface area contributed by atoms with Gasteiger partial charge in [-0.2, -0.15) is 0 Å². The van der Waals surface area contributed by atoms with Crippen LogP contribution in [0.25, 0.3) is 10.8 Å². The van der Waals surface area contributed by atoms with Gasteiger partial charge in [-0.3, -0.25) is 0 Å². The fraction of sp³-hybridized carbons (Fsp3) is 0. The van der Waals surface area contributed by atoms with Crippen molar-refractivity contribution in [2.24, 2.45) is 0 Å². The van der Waals surface area contributed by atoms with Crippen LogP contribution in [0.15, 0.2) is 29.3 Å². The molecule has 1 aromatic heterocycles. The highest BCUT2D eigenvalue weighted by Gasteiger charge is 2.17. The number of fused-ring (bicyclic) bond motifs is 1. The van der Waals surface area contributed by atoms with E-state index in [1.165, 1.54) is 18.3 Å². The second-order valence-corrected chi connectivity index (χ2v) is 6.31. The number of halogens is 3. The molecular formula is C9H4Cl3NO2S. The molecule has 0 amide bonds. The molecule has 2 rings (SSSR count). The van der Waals surface area contributed by atoms with E-state index in [4.69, 9.17) is 33.9 Å². The van der Waals surface area contributed by atoms with E-state index in [0.29, 0.717) is 10.8 Å². The molecule has 0 aliphatic carbocycles. The van der Waals surface area contributed by atoms with E-state index in [9.17, 15) is 8.42 Å². The summed E-state index contributed by atoms with van der Waals surface area (Å²) in [5, 5.41) is 1.12. The van der Waals surface area contributed by atoms with Crippen molar-refractivity contribution in [3.05, 3.63) is 34.6 Å². The number of aromatic nitrogens is 1. The Bertz CT molecular complexity index is 670. The third-order valence-electron chi connectivity index (χ3n) is 2.04. The predicted molar refractivity (Wildman–Crippen MR) is 64.8 cm³/mol. The van der Waals surface area contributed by atoms with Crippen LogP contribution < -0.4 is 0 Å². The Morgan fingerprint density at radius 1 is 1.19 bits per heavy atom.